The maximum atomic E-state index is 13.4. The van der Waals surface area contributed by atoms with Crippen LogP contribution in [0.1, 0.15) is 35.8 Å². The standard InChI is InChI=1S/C24H25N5O3S/c1-28-15-13-25-23(28)21(17-8-3-2-4-9-17)26-24(30)18-10-7-14-29(16-18)22-19-11-5-6-12-20(19)33(31,32)27-22/h2-6,8-9,11-13,15,18,21H,7,10,14,16H2,1H3,(H,26,30)/t18-,21-/m0/s1. The number of carbonyl (C=O) groups excluding carboxylic acids is 1. The second kappa shape index (κ2) is 8.47. The Morgan fingerprint density at radius 1 is 1.12 bits per heavy atom. The average molecular weight is 464 g/mol. The van der Waals surface area contributed by atoms with Crippen LogP contribution >= 0.6 is 0 Å². The summed E-state index contributed by atoms with van der Waals surface area (Å²) in [5.74, 6) is 0.823. The van der Waals surface area contributed by atoms with E-state index >= 15 is 0 Å². The van der Waals surface area contributed by atoms with Crippen molar-refractivity contribution in [3.63, 3.8) is 0 Å². The van der Waals surface area contributed by atoms with Gasteiger partial charge in [-0.25, -0.2) is 4.98 Å². The van der Waals surface area contributed by atoms with Crippen molar-refractivity contribution in [1.82, 2.24) is 19.8 Å². The number of amidine groups is 1. The number of carbonyl (C=O) groups is 1. The van der Waals surface area contributed by atoms with E-state index in [0.717, 1.165) is 24.2 Å². The van der Waals surface area contributed by atoms with Crippen molar-refractivity contribution in [2.45, 2.75) is 23.8 Å². The molecule has 1 amide bonds. The fraction of sp³-hybridized carbons (Fsp3) is 0.292. The lowest BCUT2D eigenvalue weighted by Crippen LogP contribution is -2.46. The van der Waals surface area contributed by atoms with Crippen molar-refractivity contribution in [3.8, 4) is 0 Å². The van der Waals surface area contributed by atoms with Crippen LogP contribution in [0.15, 0.2) is 76.3 Å². The molecule has 9 heteroatoms. The van der Waals surface area contributed by atoms with E-state index in [9.17, 15) is 13.2 Å². The number of aryl methyl sites for hydroxylation is 1. The van der Waals surface area contributed by atoms with Crippen molar-refractivity contribution >= 4 is 21.8 Å². The van der Waals surface area contributed by atoms with Gasteiger partial charge in [0.15, 0.2) is 5.84 Å². The number of fused-ring (bicyclic) bond motifs is 1. The summed E-state index contributed by atoms with van der Waals surface area (Å²) in [5.41, 5.74) is 1.56. The normalized spacial score (nSPS) is 20.1. The Hall–Kier alpha value is -3.46. The molecule has 0 unspecified atom stereocenters. The number of likely N-dealkylation sites (tertiary alicyclic amines) is 1. The van der Waals surface area contributed by atoms with E-state index in [1.807, 2.05) is 53.0 Å². The number of aromatic nitrogens is 2. The van der Waals surface area contributed by atoms with Gasteiger partial charge in [0.1, 0.15) is 16.8 Å². The second-order valence-corrected chi connectivity index (χ2v) is 9.99. The van der Waals surface area contributed by atoms with Crippen molar-refractivity contribution in [2.75, 3.05) is 13.1 Å². The molecule has 8 nitrogen and oxygen atoms in total. The van der Waals surface area contributed by atoms with Gasteiger partial charge in [0.25, 0.3) is 10.0 Å². The Morgan fingerprint density at radius 2 is 1.88 bits per heavy atom. The molecule has 5 rings (SSSR count). The maximum Gasteiger partial charge on any atom is 0.285 e. The molecule has 170 valence electrons. The van der Waals surface area contributed by atoms with E-state index < -0.39 is 10.0 Å². The van der Waals surface area contributed by atoms with Crippen LogP contribution in [-0.4, -0.2) is 47.7 Å². The molecule has 0 radical (unpaired) electrons. The predicted octanol–water partition coefficient (Wildman–Crippen LogP) is 2.49. The lowest BCUT2D eigenvalue weighted by molar-refractivity contribution is -0.126. The summed E-state index contributed by atoms with van der Waals surface area (Å²) in [4.78, 5) is 20.0. The number of amides is 1. The molecule has 1 aromatic heterocycles. The fourth-order valence-electron chi connectivity index (χ4n) is 4.56. The van der Waals surface area contributed by atoms with E-state index in [-0.39, 0.29) is 22.8 Å². The van der Waals surface area contributed by atoms with Crippen LogP contribution in [0.2, 0.25) is 0 Å². The van der Waals surface area contributed by atoms with Gasteiger partial charge in [0.05, 0.1) is 5.92 Å². The Labute approximate surface area is 193 Å². The summed E-state index contributed by atoms with van der Waals surface area (Å²) in [6.07, 6.45) is 5.08. The zero-order valence-electron chi connectivity index (χ0n) is 18.3. The van der Waals surface area contributed by atoms with Gasteiger partial charge in [-0.15, -0.1) is 4.40 Å². The summed E-state index contributed by atoms with van der Waals surface area (Å²) in [6.45, 7) is 1.07. The Balaban J connectivity index is 1.38. The third-order valence-electron chi connectivity index (χ3n) is 6.24. The SMILES string of the molecule is Cn1ccnc1[C@@H](NC(=O)[C@H]1CCCN(C2=NS(=O)(=O)c3ccccc32)C1)c1ccccc1. The first-order valence-corrected chi connectivity index (χ1v) is 12.4. The van der Waals surface area contributed by atoms with Crippen LogP contribution in [0.5, 0.6) is 0 Å². The maximum absolute atomic E-state index is 13.4. The highest BCUT2D eigenvalue weighted by atomic mass is 32.2. The van der Waals surface area contributed by atoms with E-state index in [4.69, 9.17) is 0 Å². The topological polar surface area (TPSA) is 96.7 Å². The number of imidazole rings is 1. The third-order valence-corrected chi connectivity index (χ3v) is 7.57. The van der Waals surface area contributed by atoms with Gasteiger partial charge in [-0.05, 0) is 30.5 Å². The lowest BCUT2D eigenvalue weighted by atomic mass is 9.95. The summed E-state index contributed by atoms with van der Waals surface area (Å²) in [5, 5.41) is 3.19. The van der Waals surface area contributed by atoms with Crippen LogP contribution < -0.4 is 5.32 Å². The largest absolute Gasteiger partial charge is 0.355 e. The third kappa shape index (κ3) is 4.04. The quantitative estimate of drug-likeness (QED) is 0.641. The molecular formula is C24H25N5O3S. The number of sulfonamides is 1. The van der Waals surface area contributed by atoms with Gasteiger partial charge in [-0.3, -0.25) is 4.79 Å². The molecule has 1 fully saturated rings. The fourth-order valence-corrected chi connectivity index (χ4v) is 5.79. The van der Waals surface area contributed by atoms with Crippen molar-refractivity contribution in [2.24, 2.45) is 17.4 Å². The van der Waals surface area contributed by atoms with Crippen LogP contribution in [0.4, 0.5) is 0 Å². The molecule has 2 aliphatic rings. The zero-order chi connectivity index (χ0) is 23.0. The number of benzene rings is 2. The van der Waals surface area contributed by atoms with Gasteiger partial charge in [0, 0.05) is 38.1 Å². The molecule has 0 spiro atoms. The predicted molar refractivity (Wildman–Crippen MR) is 124 cm³/mol. The molecule has 2 aliphatic heterocycles. The molecule has 3 heterocycles. The first-order chi connectivity index (χ1) is 15.9. The van der Waals surface area contributed by atoms with Crippen molar-refractivity contribution in [1.29, 1.82) is 0 Å². The number of nitrogens with one attached hydrogen (secondary N) is 1. The van der Waals surface area contributed by atoms with E-state index in [1.165, 1.54) is 0 Å². The molecule has 0 aliphatic carbocycles. The molecule has 33 heavy (non-hydrogen) atoms. The van der Waals surface area contributed by atoms with Gasteiger partial charge in [-0.2, -0.15) is 8.42 Å². The molecule has 3 aromatic rings. The number of piperidine rings is 1. The van der Waals surface area contributed by atoms with Gasteiger partial charge in [0.2, 0.25) is 5.91 Å². The van der Waals surface area contributed by atoms with Crippen LogP contribution in [0.25, 0.3) is 0 Å². The first-order valence-electron chi connectivity index (χ1n) is 11.0. The Kier molecular flexibility index (Phi) is 5.49. The molecule has 1 N–H and O–H groups in total. The van der Waals surface area contributed by atoms with Crippen LogP contribution in [0.3, 0.4) is 0 Å². The Bertz CT molecular complexity index is 1320. The highest BCUT2D eigenvalue weighted by Crippen LogP contribution is 2.30. The van der Waals surface area contributed by atoms with Gasteiger partial charge in [-0.1, -0.05) is 42.5 Å². The molecule has 2 aromatic carbocycles. The molecular weight excluding hydrogens is 438 g/mol. The molecule has 0 bridgehead atoms. The monoisotopic (exact) mass is 463 g/mol. The minimum Gasteiger partial charge on any atom is -0.355 e. The Morgan fingerprint density at radius 3 is 2.64 bits per heavy atom. The average Bonchev–Trinajstić information content (AvgIpc) is 3.38. The number of rotatable bonds is 4. The second-order valence-electron chi connectivity index (χ2n) is 8.42. The van der Waals surface area contributed by atoms with E-state index in [1.54, 1.807) is 30.5 Å². The zero-order valence-corrected chi connectivity index (χ0v) is 19.1. The summed E-state index contributed by atoms with van der Waals surface area (Å²) < 4.78 is 30.9. The smallest absolute Gasteiger partial charge is 0.285 e. The highest BCUT2D eigenvalue weighted by molar-refractivity contribution is 7.90. The van der Waals surface area contributed by atoms with E-state index in [2.05, 4.69) is 14.7 Å². The van der Waals surface area contributed by atoms with Crippen LogP contribution in [0, 0.1) is 5.92 Å². The van der Waals surface area contributed by atoms with Gasteiger partial charge < -0.3 is 14.8 Å². The summed E-state index contributed by atoms with van der Waals surface area (Å²) in [7, 11) is -1.79. The number of nitrogens with zero attached hydrogens (tertiary/aromatic N) is 4. The van der Waals surface area contributed by atoms with Crippen molar-refractivity contribution in [3.05, 3.63) is 83.9 Å². The van der Waals surface area contributed by atoms with Gasteiger partial charge >= 0.3 is 0 Å². The van der Waals surface area contributed by atoms with E-state index in [0.29, 0.717) is 24.5 Å². The summed E-state index contributed by atoms with van der Waals surface area (Å²) >= 11 is 0. The first kappa shape index (κ1) is 21.4. The minimum absolute atomic E-state index is 0.0775. The number of hydrogen-bond acceptors (Lipinski definition) is 5. The van der Waals surface area contributed by atoms with Crippen molar-refractivity contribution < 1.29 is 13.2 Å². The molecule has 1 saturated heterocycles. The summed E-state index contributed by atoms with van der Waals surface area (Å²) in [6, 6.07) is 16.2. The minimum atomic E-state index is -3.70. The lowest BCUT2D eigenvalue weighted by Gasteiger charge is -2.34. The highest BCUT2D eigenvalue weighted by Gasteiger charge is 2.36. The molecule has 0 saturated carbocycles. The number of hydrogen-bond donors (Lipinski definition) is 1. The van der Waals surface area contributed by atoms with Crippen LogP contribution in [-0.2, 0) is 21.9 Å². The molecule has 2 atom stereocenters.